The largest absolute Gasteiger partial charge is 0.302 e. The number of hydrogen-bond donors (Lipinski definition) is 1. The number of amides is 1. The Morgan fingerprint density at radius 1 is 1.57 bits per heavy atom. The Kier molecular flexibility index (Phi) is 6.79. The molecule has 2 aromatic heterocycles. The van der Waals surface area contributed by atoms with Gasteiger partial charge in [0.25, 0.3) is 0 Å². The van der Waals surface area contributed by atoms with Gasteiger partial charge >= 0.3 is 0 Å². The van der Waals surface area contributed by atoms with Crippen LogP contribution in [0.4, 0.5) is 5.13 Å². The first-order valence-electron chi connectivity index (χ1n) is 7.55. The Morgan fingerprint density at radius 3 is 3.04 bits per heavy atom. The summed E-state index contributed by atoms with van der Waals surface area (Å²) < 4.78 is 2.03. The van der Waals surface area contributed by atoms with E-state index in [1.54, 1.807) is 6.20 Å². The summed E-state index contributed by atoms with van der Waals surface area (Å²) in [5, 5.41) is 14.2. The van der Waals surface area contributed by atoms with Crippen molar-refractivity contribution in [2.24, 2.45) is 0 Å². The van der Waals surface area contributed by atoms with Crippen molar-refractivity contribution in [3.05, 3.63) is 30.1 Å². The molecule has 2 heterocycles. The normalized spacial score (nSPS) is 12.1. The first-order valence-corrected chi connectivity index (χ1v) is 9.31. The molecule has 8 heteroatoms. The van der Waals surface area contributed by atoms with E-state index in [9.17, 15) is 4.79 Å². The predicted molar refractivity (Wildman–Crippen MR) is 94.9 cm³/mol. The number of allylic oxidation sites excluding steroid dienone is 1. The van der Waals surface area contributed by atoms with E-state index in [1.807, 2.05) is 22.9 Å². The average Bonchev–Trinajstić information content (AvgIpc) is 3.17. The van der Waals surface area contributed by atoms with Gasteiger partial charge in [-0.3, -0.25) is 4.79 Å². The number of carbonyl (C=O) groups is 1. The summed E-state index contributed by atoms with van der Waals surface area (Å²) in [4.78, 5) is 16.3. The molecule has 1 atom stereocenters. The molecule has 0 aliphatic heterocycles. The van der Waals surface area contributed by atoms with E-state index in [1.165, 1.54) is 23.1 Å². The molecule has 2 rings (SSSR count). The van der Waals surface area contributed by atoms with Crippen LogP contribution in [0, 0.1) is 0 Å². The maximum Gasteiger partial charge on any atom is 0.239 e. The van der Waals surface area contributed by atoms with E-state index in [-0.39, 0.29) is 11.2 Å². The maximum absolute atomic E-state index is 12.2. The van der Waals surface area contributed by atoms with Crippen LogP contribution in [0.15, 0.2) is 29.4 Å². The number of nitrogens with one attached hydrogen (secondary N) is 1. The number of unbranched alkanes of at least 4 members (excludes halogenated alkanes) is 1. The third-order valence-corrected chi connectivity index (χ3v) is 4.94. The molecule has 124 valence electrons. The molecule has 0 aromatic carbocycles. The minimum atomic E-state index is -0.286. The minimum Gasteiger partial charge on any atom is -0.302 e. The van der Waals surface area contributed by atoms with Gasteiger partial charge in [-0.05, 0) is 13.3 Å². The van der Waals surface area contributed by atoms with E-state index in [0.717, 1.165) is 30.2 Å². The molecule has 0 aliphatic rings. The lowest BCUT2D eigenvalue weighted by molar-refractivity contribution is -0.115. The Balaban J connectivity index is 2.04. The third-order valence-electron chi connectivity index (χ3n) is 3.17. The highest BCUT2D eigenvalue weighted by atomic mass is 32.2. The number of hydrogen-bond acceptors (Lipinski definition) is 6. The fourth-order valence-electron chi connectivity index (χ4n) is 1.94. The molecule has 0 unspecified atom stereocenters. The smallest absolute Gasteiger partial charge is 0.239 e. The Labute approximate surface area is 144 Å². The van der Waals surface area contributed by atoms with Crippen LogP contribution in [0.3, 0.4) is 0 Å². The van der Waals surface area contributed by atoms with E-state index < -0.39 is 0 Å². The van der Waals surface area contributed by atoms with Gasteiger partial charge < -0.3 is 9.88 Å². The van der Waals surface area contributed by atoms with Gasteiger partial charge in [0.05, 0.1) is 5.25 Å². The van der Waals surface area contributed by atoms with Crippen molar-refractivity contribution in [1.29, 1.82) is 0 Å². The zero-order valence-corrected chi connectivity index (χ0v) is 15.0. The van der Waals surface area contributed by atoms with Crippen LogP contribution in [0.2, 0.25) is 0 Å². The van der Waals surface area contributed by atoms with Gasteiger partial charge in [-0.15, -0.1) is 28.1 Å². The van der Waals surface area contributed by atoms with Crippen LogP contribution in [0.5, 0.6) is 0 Å². The monoisotopic (exact) mass is 351 g/mol. The summed E-state index contributed by atoms with van der Waals surface area (Å²) in [6.07, 6.45) is 6.55. The molecule has 23 heavy (non-hydrogen) atoms. The fourth-order valence-corrected chi connectivity index (χ4v) is 3.35. The summed E-state index contributed by atoms with van der Waals surface area (Å²) >= 11 is 2.80. The number of aryl methyl sites for hydroxylation is 1. The topological polar surface area (TPSA) is 72.7 Å². The predicted octanol–water partition coefficient (Wildman–Crippen LogP) is 3.38. The Bertz CT molecular complexity index is 638. The van der Waals surface area contributed by atoms with Crippen LogP contribution in [-0.2, 0) is 17.8 Å². The lowest BCUT2D eigenvalue weighted by Crippen LogP contribution is -2.22. The number of carbonyl (C=O) groups excluding carboxylic acids is 1. The van der Waals surface area contributed by atoms with Crippen molar-refractivity contribution in [1.82, 2.24) is 19.7 Å². The lowest BCUT2D eigenvalue weighted by Gasteiger charge is -2.11. The maximum atomic E-state index is 12.2. The second-order valence-electron chi connectivity index (χ2n) is 4.99. The van der Waals surface area contributed by atoms with Crippen molar-refractivity contribution in [3.8, 4) is 0 Å². The van der Waals surface area contributed by atoms with Gasteiger partial charge in [-0.1, -0.05) is 31.2 Å². The third kappa shape index (κ3) is 4.90. The molecule has 0 fully saturated rings. The van der Waals surface area contributed by atoms with Gasteiger partial charge in [0, 0.05) is 24.5 Å². The van der Waals surface area contributed by atoms with Crippen molar-refractivity contribution < 1.29 is 4.79 Å². The number of anilines is 1. The van der Waals surface area contributed by atoms with Crippen LogP contribution in [0.25, 0.3) is 0 Å². The molecular formula is C15H21N5OS2. The van der Waals surface area contributed by atoms with Gasteiger partial charge in [0.1, 0.15) is 5.82 Å². The molecule has 0 bridgehead atoms. The zero-order chi connectivity index (χ0) is 16.7. The van der Waals surface area contributed by atoms with Gasteiger partial charge in [-0.2, -0.15) is 0 Å². The van der Waals surface area contributed by atoms with E-state index in [2.05, 4.69) is 34.0 Å². The SMILES string of the molecule is C=CCn1c(CCCC)nnc1S[C@H](C)C(=O)Nc1nccs1. The summed E-state index contributed by atoms with van der Waals surface area (Å²) in [5.41, 5.74) is 0. The molecule has 0 aliphatic carbocycles. The molecule has 6 nitrogen and oxygen atoms in total. The fraction of sp³-hybridized carbons (Fsp3) is 0.467. The molecule has 1 amide bonds. The number of aromatic nitrogens is 4. The standard InChI is InChI=1S/C15H21N5OS2/c1-4-6-7-12-18-19-15(20(12)9-5-2)23-11(3)13(21)17-14-16-8-10-22-14/h5,8,10-11H,2,4,6-7,9H2,1,3H3,(H,16,17,21)/t11-/m1/s1. The summed E-state index contributed by atoms with van der Waals surface area (Å²) in [7, 11) is 0. The molecule has 0 spiro atoms. The quantitative estimate of drug-likeness (QED) is 0.554. The molecule has 0 saturated heterocycles. The second kappa shape index (κ2) is 8.83. The Morgan fingerprint density at radius 2 is 2.39 bits per heavy atom. The van der Waals surface area contributed by atoms with E-state index in [0.29, 0.717) is 11.7 Å². The zero-order valence-electron chi connectivity index (χ0n) is 13.4. The highest BCUT2D eigenvalue weighted by Crippen LogP contribution is 2.24. The van der Waals surface area contributed by atoms with Crippen LogP contribution in [-0.4, -0.2) is 30.9 Å². The van der Waals surface area contributed by atoms with Crippen molar-refractivity contribution in [2.45, 2.75) is 50.1 Å². The number of nitrogens with zero attached hydrogens (tertiary/aromatic N) is 4. The van der Waals surface area contributed by atoms with Crippen molar-refractivity contribution >= 4 is 34.1 Å². The number of thioether (sulfide) groups is 1. The van der Waals surface area contributed by atoms with Crippen LogP contribution in [0.1, 0.15) is 32.5 Å². The van der Waals surface area contributed by atoms with Crippen LogP contribution < -0.4 is 5.32 Å². The minimum absolute atomic E-state index is 0.0896. The highest BCUT2D eigenvalue weighted by molar-refractivity contribution is 8.00. The van der Waals surface area contributed by atoms with Gasteiger partial charge in [-0.25, -0.2) is 4.98 Å². The molecule has 0 radical (unpaired) electrons. The summed E-state index contributed by atoms with van der Waals surface area (Å²) in [5.74, 6) is 0.856. The van der Waals surface area contributed by atoms with Crippen LogP contribution >= 0.6 is 23.1 Å². The molecule has 0 saturated carbocycles. The number of rotatable bonds is 9. The number of thiazole rings is 1. The summed E-state index contributed by atoms with van der Waals surface area (Å²) in [6, 6.07) is 0. The molecule has 2 aromatic rings. The first kappa shape index (κ1) is 17.7. The van der Waals surface area contributed by atoms with E-state index in [4.69, 9.17) is 0 Å². The first-order chi connectivity index (χ1) is 11.2. The Hall–Kier alpha value is -1.67. The second-order valence-corrected chi connectivity index (χ2v) is 7.19. The molecular weight excluding hydrogens is 330 g/mol. The average molecular weight is 352 g/mol. The van der Waals surface area contributed by atoms with Gasteiger partial charge in [0.2, 0.25) is 5.91 Å². The summed E-state index contributed by atoms with van der Waals surface area (Å²) in [6.45, 7) is 8.44. The van der Waals surface area contributed by atoms with Crippen molar-refractivity contribution in [3.63, 3.8) is 0 Å². The van der Waals surface area contributed by atoms with Crippen molar-refractivity contribution in [2.75, 3.05) is 5.32 Å². The molecule has 1 N–H and O–H groups in total. The highest BCUT2D eigenvalue weighted by Gasteiger charge is 2.20. The lowest BCUT2D eigenvalue weighted by atomic mass is 10.2. The van der Waals surface area contributed by atoms with E-state index >= 15 is 0 Å². The van der Waals surface area contributed by atoms with Gasteiger partial charge in [0.15, 0.2) is 10.3 Å².